The Morgan fingerprint density at radius 2 is 1.48 bits per heavy atom. The summed E-state index contributed by atoms with van der Waals surface area (Å²) in [5.74, 6) is -1.88. The van der Waals surface area contributed by atoms with Gasteiger partial charge in [-0.2, -0.15) is 13.2 Å². The van der Waals surface area contributed by atoms with Crippen molar-refractivity contribution in [1.82, 2.24) is 0 Å². The molecule has 0 aliphatic heterocycles. The van der Waals surface area contributed by atoms with Gasteiger partial charge in [-0.3, -0.25) is 0 Å². The van der Waals surface area contributed by atoms with Gasteiger partial charge in [-0.15, -0.1) is 0 Å². The van der Waals surface area contributed by atoms with Gasteiger partial charge in [0.05, 0.1) is 5.56 Å². The zero-order chi connectivity index (χ0) is 21.4. The summed E-state index contributed by atoms with van der Waals surface area (Å²) in [7, 11) is 0. The third-order valence-electron chi connectivity index (χ3n) is 3.46. The van der Waals surface area contributed by atoms with Crippen LogP contribution in [0.5, 0.6) is 11.5 Å². The summed E-state index contributed by atoms with van der Waals surface area (Å²) in [6.07, 6.45) is -0.807. The quantitative estimate of drug-likeness (QED) is 0.280. The smallest absolute Gasteiger partial charge is 0.420 e. The Balaban J connectivity index is 2.21. The summed E-state index contributed by atoms with van der Waals surface area (Å²) < 4.78 is 54.5. The van der Waals surface area contributed by atoms with Crippen molar-refractivity contribution >= 4 is 11.9 Å². The first kappa shape index (κ1) is 21.5. The van der Waals surface area contributed by atoms with E-state index in [2.05, 4.69) is 22.6 Å². The molecular weight excluding hydrogens is 389 g/mol. The summed E-state index contributed by atoms with van der Waals surface area (Å²) in [6, 6.07) is 9.48. The van der Waals surface area contributed by atoms with Crippen LogP contribution < -0.4 is 9.47 Å². The van der Waals surface area contributed by atoms with Crippen LogP contribution in [0.2, 0.25) is 0 Å². The predicted octanol–water partition coefficient (Wildman–Crippen LogP) is 5.04. The van der Waals surface area contributed by atoms with Gasteiger partial charge in [-0.05, 0) is 35.4 Å². The molecule has 0 N–H and O–H groups in total. The zero-order valence-corrected chi connectivity index (χ0v) is 14.9. The van der Waals surface area contributed by atoms with Crippen molar-refractivity contribution in [2.75, 3.05) is 0 Å². The van der Waals surface area contributed by atoms with Gasteiger partial charge < -0.3 is 14.2 Å². The second-order valence-electron chi connectivity index (χ2n) is 5.39. The van der Waals surface area contributed by atoms with Crippen molar-refractivity contribution in [2.24, 2.45) is 0 Å². The summed E-state index contributed by atoms with van der Waals surface area (Å²) in [5.41, 5.74) is -0.346. The van der Waals surface area contributed by atoms with E-state index >= 15 is 0 Å². The van der Waals surface area contributed by atoms with Crippen LogP contribution in [0.4, 0.5) is 13.2 Å². The number of hydrogen-bond donors (Lipinski definition) is 0. The average molecular weight is 404 g/mol. The number of alkyl halides is 3. The SMILES string of the molecule is C=CC(=O)O/C=C\Oc1ccc(-c2ccc(OC(=O)C=C)c(C(F)(F)F)c2)cc1. The van der Waals surface area contributed by atoms with Crippen molar-refractivity contribution in [3.63, 3.8) is 0 Å². The topological polar surface area (TPSA) is 61.8 Å². The van der Waals surface area contributed by atoms with Gasteiger partial charge in [0.2, 0.25) is 0 Å². The van der Waals surface area contributed by atoms with Gasteiger partial charge in [0.15, 0.2) is 0 Å². The number of benzene rings is 2. The Hall–Kier alpha value is -3.81. The molecule has 0 atom stereocenters. The van der Waals surface area contributed by atoms with E-state index in [-0.39, 0.29) is 5.56 Å². The first-order valence-electron chi connectivity index (χ1n) is 8.05. The molecule has 2 aromatic rings. The Morgan fingerprint density at radius 1 is 0.862 bits per heavy atom. The molecule has 0 aliphatic carbocycles. The highest BCUT2D eigenvalue weighted by Gasteiger charge is 2.35. The summed E-state index contributed by atoms with van der Waals surface area (Å²) >= 11 is 0. The molecule has 0 spiro atoms. The molecule has 0 amide bonds. The summed E-state index contributed by atoms with van der Waals surface area (Å²) in [5, 5.41) is 0. The molecule has 8 heteroatoms. The van der Waals surface area contributed by atoms with Gasteiger partial charge in [0.1, 0.15) is 24.0 Å². The lowest BCUT2D eigenvalue weighted by Crippen LogP contribution is -2.12. The van der Waals surface area contributed by atoms with Gasteiger partial charge in [-0.25, -0.2) is 9.59 Å². The Kier molecular flexibility index (Phi) is 6.97. The predicted molar refractivity (Wildman–Crippen MR) is 98.8 cm³/mol. The van der Waals surface area contributed by atoms with E-state index in [1.807, 2.05) is 0 Å². The van der Waals surface area contributed by atoms with Gasteiger partial charge in [0, 0.05) is 12.2 Å². The fourth-order valence-electron chi connectivity index (χ4n) is 2.15. The minimum atomic E-state index is -4.72. The van der Waals surface area contributed by atoms with Crippen molar-refractivity contribution < 1.29 is 37.0 Å². The van der Waals surface area contributed by atoms with E-state index in [1.54, 1.807) is 12.1 Å². The molecule has 0 heterocycles. The van der Waals surface area contributed by atoms with Crippen LogP contribution in [-0.4, -0.2) is 11.9 Å². The minimum absolute atomic E-state index is 0.262. The van der Waals surface area contributed by atoms with Crippen LogP contribution in [-0.2, 0) is 20.5 Å². The second kappa shape index (κ2) is 9.41. The Labute approximate surface area is 164 Å². The van der Waals surface area contributed by atoms with E-state index in [4.69, 9.17) is 4.74 Å². The fourth-order valence-corrected chi connectivity index (χ4v) is 2.15. The van der Waals surface area contributed by atoms with Crippen molar-refractivity contribution in [1.29, 1.82) is 0 Å². The lowest BCUT2D eigenvalue weighted by atomic mass is 10.0. The number of ether oxygens (including phenoxy) is 3. The van der Waals surface area contributed by atoms with Crippen molar-refractivity contribution in [3.05, 3.63) is 85.9 Å². The molecule has 0 fully saturated rings. The number of esters is 2. The monoisotopic (exact) mass is 404 g/mol. The van der Waals surface area contributed by atoms with Gasteiger partial charge in [0.25, 0.3) is 0 Å². The number of halogens is 3. The van der Waals surface area contributed by atoms with E-state index < -0.39 is 29.4 Å². The Morgan fingerprint density at radius 3 is 2.07 bits per heavy atom. The van der Waals surface area contributed by atoms with Crippen LogP contribution >= 0.6 is 0 Å². The maximum Gasteiger partial charge on any atom is 0.420 e. The zero-order valence-electron chi connectivity index (χ0n) is 14.9. The number of carbonyl (C=O) groups is 2. The first-order valence-corrected chi connectivity index (χ1v) is 8.05. The molecule has 0 saturated carbocycles. The molecule has 2 rings (SSSR count). The molecule has 0 saturated heterocycles. The van der Waals surface area contributed by atoms with Gasteiger partial charge in [-0.1, -0.05) is 31.4 Å². The van der Waals surface area contributed by atoms with E-state index in [1.165, 1.54) is 18.2 Å². The molecule has 0 aromatic heterocycles. The Bertz CT molecular complexity index is 944. The highest BCUT2D eigenvalue weighted by molar-refractivity contribution is 5.84. The first-order chi connectivity index (χ1) is 13.7. The van der Waals surface area contributed by atoms with Gasteiger partial charge >= 0.3 is 18.1 Å². The minimum Gasteiger partial charge on any atom is -0.462 e. The summed E-state index contributed by atoms with van der Waals surface area (Å²) in [6.45, 7) is 6.39. The van der Waals surface area contributed by atoms with E-state index in [0.717, 1.165) is 36.8 Å². The molecular formula is C21H15F3O5. The maximum atomic E-state index is 13.3. The lowest BCUT2D eigenvalue weighted by Gasteiger charge is -2.14. The highest BCUT2D eigenvalue weighted by Crippen LogP contribution is 2.39. The maximum absolute atomic E-state index is 13.3. The molecule has 0 aliphatic rings. The van der Waals surface area contributed by atoms with Crippen LogP contribution in [0.3, 0.4) is 0 Å². The third kappa shape index (κ3) is 6.10. The summed E-state index contributed by atoms with van der Waals surface area (Å²) in [4.78, 5) is 22.1. The number of rotatable bonds is 7. The van der Waals surface area contributed by atoms with Crippen LogP contribution in [0.15, 0.2) is 80.3 Å². The van der Waals surface area contributed by atoms with Crippen LogP contribution in [0.25, 0.3) is 11.1 Å². The molecule has 0 radical (unpaired) electrons. The second-order valence-corrected chi connectivity index (χ2v) is 5.39. The largest absolute Gasteiger partial charge is 0.462 e. The third-order valence-corrected chi connectivity index (χ3v) is 3.46. The molecule has 2 aromatic carbocycles. The normalized spacial score (nSPS) is 11.0. The average Bonchev–Trinajstić information content (AvgIpc) is 2.70. The van der Waals surface area contributed by atoms with Crippen LogP contribution in [0, 0.1) is 0 Å². The van der Waals surface area contributed by atoms with Crippen molar-refractivity contribution in [3.8, 4) is 22.6 Å². The standard InChI is InChI=1S/C21H15F3O5/c1-3-19(25)28-12-11-27-16-8-5-14(6-9-16)15-7-10-18(29-20(26)4-2)17(13-15)21(22,23)24/h3-13H,1-2H2/b12-11-. The lowest BCUT2D eigenvalue weighted by molar-refractivity contribution is -0.141. The molecule has 0 bridgehead atoms. The number of carbonyl (C=O) groups excluding carboxylic acids is 2. The number of hydrogen-bond acceptors (Lipinski definition) is 5. The van der Waals surface area contributed by atoms with Crippen LogP contribution in [0.1, 0.15) is 5.56 Å². The molecule has 29 heavy (non-hydrogen) atoms. The van der Waals surface area contributed by atoms with Crippen molar-refractivity contribution in [2.45, 2.75) is 6.18 Å². The highest BCUT2D eigenvalue weighted by atomic mass is 19.4. The van der Waals surface area contributed by atoms with E-state index in [9.17, 15) is 22.8 Å². The fraction of sp³-hybridized carbons (Fsp3) is 0.0476. The van der Waals surface area contributed by atoms with E-state index in [0.29, 0.717) is 11.3 Å². The molecule has 5 nitrogen and oxygen atoms in total. The molecule has 150 valence electrons. The molecule has 0 unspecified atom stereocenters.